The first-order valence-electron chi connectivity index (χ1n) is 13.6. The number of ether oxygens (including phenoxy) is 2. The number of aromatic amines is 2. The number of benzene rings is 3. The van der Waals surface area contributed by atoms with E-state index in [0.717, 1.165) is 10.5 Å². The SMILES string of the molecule is CC(C)OC(=O)[C@H](Cc1ccccc1)NP(=O)(COc1ccccc1Sc1c[nH]c2c(=O)[nH]cnc12)Oc1ccccc1. The van der Waals surface area contributed by atoms with Gasteiger partial charge >= 0.3 is 13.5 Å². The third-order valence-corrected chi connectivity index (χ3v) is 8.93. The number of esters is 1. The normalized spacial score (nSPS) is 13.4. The first-order valence-corrected chi connectivity index (χ1v) is 16.2. The average molecular weight is 619 g/mol. The van der Waals surface area contributed by atoms with Gasteiger partial charge in [-0.2, -0.15) is 0 Å². The van der Waals surface area contributed by atoms with Gasteiger partial charge in [-0.25, -0.2) is 10.1 Å². The van der Waals surface area contributed by atoms with Gasteiger partial charge < -0.3 is 24.0 Å². The predicted molar refractivity (Wildman–Crippen MR) is 166 cm³/mol. The number of H-pyrrole nitrogens is 2. The van der Waals surface area contributed by atoms with E-state index in [4.69, 9.17) is 14.0 Å². The van der Waals surface area contributed by atoms with Crippen molar-refractivity contribution in [3.63, 3.8) is 0 Å². The fourth-order valence-corrected chi connectivity index (χ4v) is 6.86. The third-order valence-electron chi connectivity index (χ3n) is 6.16. The van der Waals surface area contributed by atoms with Crippen LogP contribution in [-0.2, 0) is 20.5 Å². The number of aromatic nitrogens is 3. The molecule has 3 N–H and O–H groups in total. The van der Waals surface area contributed by atoms with Crippen LogP contribution in [0.25, 0.3) is 11.0 Å². The molecule has 2 heterocycles. The van der Waals surface area contributed by atoms with Crippen LogP contribution < -0.4 is 19.9 Å². The Kier molecular flexibility index (Phi) is 9.66. The van der Waals surface area contributed by atoms with Crippen molar-refractivity contribution in [2.75, 3.05) is 6.35 Å². The van der Waals surface area contributed by atoms with Crippen molar-refractivity contribution in [3.8, 4) is 11.5 Å². The van der Waals surface area contributed by atoms with Crippen molar-refractivity contribution in [2.45, 2.75) is 42.2 Å². The van der Waals surface area contributed by atoms with Crippen LogP contribution in [0.1, 0.15) is 19.4 Å². The molecule has 0 aliphatic heterocycles. The van der Waals surface area contributed by atoms with Gasteiger partial charge in [-0.15, -0.1) is 0 Å². The van der Waals surface area contributed by atoms with Crippen molar-refractivity contribution in [2.24, 2.45) is 0 Å². The molecule has 0 saturated carbocycles. The lowest BCUT2D eigenvalue weighted by molar-refractivity contribution is -0.149. The molecule has 0 fully saturated rings. The smallest absolute Gasteiger partial charge is 0.354 e. The quantitative estimate of drug-likeness (QED) is 0.105. The van der Waals surface area contributed by atoms with Gasteiger partial charge in [0.15, 0.2) is 6.35 Å². The summed E-state index contributed by atoms with van der Waals surface area (Å²) < 4.78 is 32.1. The van der Waals surface area contributed by atoms with E-state index in [9.17, 15) is 14.2 Å². The Labute approximate surface area is 252 Å². The van der Waals surface area contributed by atoms with Crippen LogP contribution in [0.2, 0.25) is 0 Å². The number of fused-ring (bicyclic) bond motifs is 1. The van der Waals surface area contributed by atoms with Gasteiger partial charge in [0.2, 0.25) is 0 Å². The Bertz CT molecular complexity index is 1780. The summed E-state index contributed by atoms with van der Waals surface area (Å²) in [4.78, 5) is 36.6. The summed E-state index contributed by atoms with van der Waals surface area (Å²) in [7, 11) is -3.88. The van der Waals surface area contributed by atoms with Gasteiger partial charge in [-0.05, 0) is 50.1 Å². The molecule has 0 bridgehead atoms. The Morgan fingerprint density at radius 2 is 1.65 bits per heavy atom. The van der Waals surface area contributed by atoms with Gasteiger partial charge in [0.1, 0.15) is 28.6 Å². The molecule has 0 radical (unpaired) electrons. The summed E-state index contributed by atoms with van der Waals surface area (Å²) >= 11 is 1.34. The molecule has 0 aliphatic rings. The van der Waals surface area contributed by atoms with E-state index in [0.29, 0.717) is 27.4 Å². The Balaban J connectivity index is 1.41. The summed E-state index contributed by atoms with van der Waals surface area (Å²) in [5.41, 5.74) is 1.48. The minimum absolute atomic E-state index is 0.230. The molecule has 5 aromatic rings. The molecule has 2 aromatic heterocycles. The zero-order chi connectivity index (χ0) is 30.2. The number of hydrogen-bond acceptors (Lipinski definition) is 8. The lowest BCUT2D eigenvalue weighted by atomic mass is 10.1. The molecule has 222 valence electrons. The zero-order valence-corrected chi connectivity index (χ0v) is 25.3. The first kappa shape index (κ1) is 30.2. The second kappa shape index (κ2) is 13.8. The summed E-state index contributed by atoms with van der Waals surface area (Å²) in [6.07, 6.45) is 2.54. The zero-order valence-electron chi connectivity index (χ0n) is 23.6. The second-order valence-electron chi connectivity index (χ2n) is 9.87. The summed E-state index contributed by atoms with van der Waals surface area (Å²) in [6, 6.07) is 24.4. The Morgan fingerprint density at radius 3 is 2.40 bits per heavy atom. The van der Waals surface area contributed by atoms with Crippen molar-refractivity contribution in [3.05, 3.63) is 113 Å². The standard InChI is InChI=1S/C31H31N4O6PS/c1-21(2)40-31(37)24(17-22-11-5-3-6-12-22)35-42(38,41-23-13-7-4-8-14-23)20-39-25-15-9-10-16-26(25)43-27-18-32-29-28(27)33-19-34-30(29)36/h3-16,18-19,21,24,32H,17,20H2,1-2H3,(H,35,38)(H,33,34,36)/t24-,42?/m0/s1. The maximum absolute atomic E-state index is 14.5. The molecular formula is C31H31N4O6PS. The second-order valence-corrected chi connectivity index (χ2v) is 13.0. The Morgan fingerprint density at radius 1 is 0.953 bits per heavy atom. The van der Waals surface area contributed by atoms with Crippen molar-refractivity contribution >= 4 is 36.3 Å². The molecule has 0 saturated heterocycles. The van der Waals surface area contributed by atoms with Crippen molar-refractivity contribution < 1.29 is 23.4 Å². The summed E-state index contributed by atoms with van der Waals surface area (Å²) in [5, 5.41) is 2.97. The van der Waals surface area contributed by atoms with E-state index in [-0.39, 0.29) is 24.4 Å². The van der Waals surface area contributed by atoms with Crippen molar-refractivity contribution in [1.82, 2.24) is 20.0 Å². The van der Waals surface area contributed by atoms with Crippen LogP contribution in [-0.4, -0.2) is 39.4 Å². The van der Waals surface area contributed by atoms with Crippen LogP contribution in [0.15, 0.2) is 112 Å². The van der Waals surface area contributed by atoms with Gasteiger partial charge in [0.05, 0.1) is 22.2 Å². The van der Waals surface area contributed by atoms with Crippen LogP contribution in [0, 0.1) is 0 Å². The molecule has 0 aliphatic carbocycles. The Hall–Kier alpha value is -4.31. The highest BCUT2D eigenvalue weighted by Crippen LogP contribution is 2.45. The molecule has 5 rings (SSSR count). The number of para-hydroxylation sites is 2. The van der Waals surface area contributed by atoms with Gasteiger partial charge in [-0.1, -0.05) is 72.4 Å². The predicted octanol–water partition coefficient (Wildman–Crippen LogP) is 6.16. The molecule has 12 heteroatoms. The summed E-state index contributed by atoms with van der Waals surface area (Å²) in [6.45, 7) is 3.52. The van der Waals surface area contributed by atoms with Crippen LogP contribution in [0.3, 0.4) is 0 Å². The van der Waals surface area contributed by atoms with Crippen LogP contribution in [0.4, 0.5) is 0 Å². The number of carbonyl (C=O) groups is 1. The lowest BCUT2D eigenvalue weighted by Crippen LogP contribution is -2.40. The highest BCUT2D eigenvalue weighted by Gasteiger charge is 2.34. The van der Waals surface area contributed by atoms with E-state index in [2.05, 4.69) is 20.0 Å². The van der Waals surface area contributed by atoms with E-state index in [1.165, 1.54) is 18.1 Å². The maximum atomic E-state index is 14.5. The van der Waals surface area contributed by atoms with E-state index >= 15 is 0 Å². The fraction of sp³-hybridized carbons (Fsp3) is 0.194. The van der Waals surface area contributed by atoms with Gasteiger partial charge in [0, 0.05) is 6.20 Å². The number of carbonyl (C=O) groups excluding carboxylic acids is 1. The monoisotopic (exact) mass is 618 g/mol. The highest BCUT2D eigenvalue weighted by atomic mass is 32.2. The molecule has 10 nitrogen and oxygen atoms in total. The minimum Gasteiger partial charge on any atom is -0.480 e. The van der Waals surface area contributed by atoms with E-state index in [1.54, 1.807) is 56.4 Å². The van der Waals surface area contributed by atoms with Crippen molar-refractivity contribution in [1.29, 1.82) is 0 Å². The van der Waals surface area contributed by atoms with Gasteiger partial charge in [-0.3, -0.25) is 14.2 Å². The largest absolute Gasteiger partial charge is 0.480 e. The number of rotatable bonds is 13. The lowest BCUT2D eigenvalue weighted by Gasteiger charge is -2.26. The number of nitrogens with zero attached hydrogens (tertiary/aromatic N) is 1. The number of hydrogen-bond donors (Lipinski definition) is 3. The molecule has 1 unspecified atom stereocenters. The molecule has 3 aromatic carbocycles. The first-order chi connectivity index (χ1) is 20.8. The maximum Gasteiger partial charge on any atom is 0.354 e. The van der Waals surface area contributed by atoms with Gasteiger partial charge in [0.25, 0.3) is 5.56 Å². The molecule has 43 heavy (non-hydrogen) atoms. The molecule has 0 amide bonds. The minimum atomic E-state index is -3.88. The van der Waals surface area contributed by atoms with E-state index < -0.39 is 19.5 Å². The summed E-state index contributed by atoms with van der Waals surface area (Å²) in [5.74, 6) is 0.249. The van der Waals surface area contributed by atoms with Crippen LogP contribution in [0.5, 0.6) is 11.5 Å². The fourth-order valence-electron chi connectivity index (χ4n) is 4.26. The molecule has 0 spiro atoms. The molecular weight excluding hydrogens is 587 g/mol. The average Bonchev–Trinajstić information content (AvgIpc) is 3.41. The topological polar surface area (TPSA) is 135 Å². The number of nitrogens with one attached hydrogen (secondary N) is 3. The third kappa shape index (κ3) is 7.95. The highest BCUT2D eigenvalue weighted by molar-refractivity contribution is 7.99. The van der Waals surface area contributed by atoms with E-state index in [1.807, 2.05) is 48.5 Å². The molecule has 2 atom stereocenters. The van der Waals surface area contributed by atoms with Crippen LogP contribution >= 0.6 is 19.3 Å².